The van der Waals surface area contributed by atoms with Crippen LogP contribution < -0.4 is 5.73 Å². The van der Waals surface area contributed by atoms with E-state index in [1.807, 2.05) is 4.90 Å². The van der Waals surface area contributed by atoms with Gasteiger partial charge < -0.3 is 15.4 Å². The summed E-state index contributed by atoms with van der Waals surface area (Å²) in [6, 6.07) is 8.49. The Balaban J connectivity index is 1.88. The zero-order valence-electron chi connectivity index (χ0n) is 13.0. The summed E-state index contributed by atoms with van der Waals surface area (Å²) in [6.45, 7) is 3.34. The third-order valence-corrected chi connectivity index (χ3v) is 4.34. The lowest BCUT2D eigenvalue weighted by Gasteiger charge is -2.38. The van der Waals surface area contributed by atoms with E-state index in [0.29, 0.717) is 13.0 Å². The number of hydrogen-bond donors (Lipinski definition) is 1. The van der Waals surface area contributed by atoms with Gasteiger partial charge >= 0.3 is 0 Å². The van der Waals surface area contributed by atoms with Crippen molar-refractivity contribution in [3.8, 4) is 0 Å². The van der Waals surface area contributed by atoms with Crippen LogP contribution in [0.2, 0.25) is 0 Å². The monoisotopic (exact) mass is 290 g/mol. The Hall–Kier alpha value is -1.39. The molecule has 0 bridgehead atoms. The van der Waals surface area contributed by atoms with E-state index in [2.05, 4.69) is 31.2 Å². The third kappa shape index (κ3) is 4.29. The maximum Gasteiger partial charge on any atom is 0.223 e. The molecule has 1 aliphatic heterocycles. The average molecular weight is 290 g/mol. The number of amides is 1. The fraction of sp³-hybridized carbons (Fsp3) is 0.588. The van der Waals surface area contributed by atoms with Crippen LogP contribution in [0.4, 0.5) is 0 Å². The fourth-order valence-electron chi connectivity index (χ4n) is 2.93. The van der Waals surface area contributed by atoms with Crippen LogP contribution in [0.15, 0.2) is 24.3 Å². The Bertz CT molecular complexity index is 458. The summed E-state index contributed by atoms with van der Waals surface area (Å²) in [5.74, 6) is 0.209. The first-order valence-corrected chi connectivity index (χ1v) is 7.72. The molecule has 2 atom stereocenters. The summed E-state index contributed by atoms with van der Waals surface area (Å²) in [6.07, 6.45) is 3.34. The second-order valence-corrected chi connectivity index (χ2v) is 5.84. The number of nitrogens with zero attached hydrogens (tertiary/aromatic N) is 1. The van der Waals surface area contributed by atoms with Gasteiger partial charge in [-0.1, -0.05) is 29.8 Å². The van der Waals surface area contributed by atoms with Crippen LogP contribution >= 0.6 is 0 Å². The van der Waals surface area contributed by atoms with Gasteiger partial charge in [-0.05, 0) is 31.7 Å². The number of benzene rings is 1. The van der Waals surface area contributed by atoms with E-state index in [9.17, 15) is 4.79 Å². The molecule has 4 nitrogen and oxygen atoms in total. The number of ether oxygens (including phenoxy) is 1. The van der Waals surface area contributed by atoms with Crippen LogP contribution in [0.25, 0.3) is 0 Å². The van der Waals surface area contributed by atoms with Crippen LogP contribution in [0.3, 0.4) is 0 Å². The number of hydrogen-bond acceptors (Lipinski definition) is 3. The average Bonchev–Trinajstić information content (AvgIpc) is 2.53. The van der Waals surface area contributed by atoms with Crippen molar-refractivity contribution >= 4 is 5.91 Å². The molecule has 1 amide bonds. The Morgan fingerprint density at radius 1 is 1.38 bits per heavy atom. The molecule has 2 N–H and O–H groups in total. The third-order valence-electron chi connectivity index (χ3n) is 4.34. The van der Waals surface area contributed by atoms with Crippen LogP contribution in [0, 0.1) is 6.92 Å². The predicted octanol–water partition coefficient (Wildman–Crippen LogP) is 1.89. The van der Waals surface area contributed by atoms with Gasteiger partial charge in [0.25, 0.3) is 0 Å². The molecule has 1 heterocycles. The lowest BCUT2D eigenvalue weighted by atomic mass is 9.98. The fourth-order valence-corrected chi connectivity index (χ4v) is 2.93. The largest absolute Gasteiger partial charge is 0.381 e. The molecule has 0 aliphatic carbocycles. The van der Waals surface area contributed by atoms with Crippen molar-refractivity contribution in [2.75, 3.05) is 20.2 Å². The van der Waals surface area contributed by atoms with Gasteiger partial charge in [-0.25, -0.2) is 0 Å². The lowest BCUT2D eigenvalue weighted by Crippen LogP contribution is -2.51. The number of methoxy groups -OCH3 is 1. The van der Waals surface area contributed by atoms with Crippen molar-refractivity contribution < 1.29 is 9.53 Å². The van der Waals surface area contributed by atoms with Gasteiger partial charge in [-0.2, -0.15) is 0 Å². The number of piperidine rings is 1. The molecule has 4 heteroatoms. The highest BCUT2D eigenvalue weighted by molar-refractivity contribution is 5.77. The topological polar surface area (TPSA) is 55.6 Å². The highest BCUT2D eigenvalue weighted by atomic mass is 16.5. The highest BCUT2D eigenvalue weighted by Crippen LogP contribution is 2.20. The highest BCUT2D eigenvalue weighted by Gasteiger charge is 2.30. The smallest absolute Gasteiger partial charge is 0.223 e. The quantitative estimate of drug-likeness (QED) is 0.901. The standard InChI is InChI=1S/C17H26N2O2/c1-13-3-5-14(6-4-13)7-8-17(20)19-10-9-16(21-2)11-15(19)12-18/h3-6,15-16H,7-12,18H2,1-2H3. The Labute approximate surface area is 127 Å². The first-order valence-electron chi connectivity index (χ1n) is 7.72. The molecule has 1 aromatic carbocycles. The molecule has 0 spiro atoms. The van der Waals surface area contributed by atoms with Gasteiger partial charge in [0.15, 0.2) is 0 Å². The maximum absolute atomic E-state index is 12.4. The molecule has 0 radical (unpaired) electrons. The molecule has 2 unspecified atom stereocenters. The number of rotatable bonds is 5. The van der Waals surface area contributed by atoms with Crippen molar-refractivity contribution in [3.05, 3.63) is 35.4 Å². The summed E-state index contributed by atoms with van der Waals surface area (Å²) in [7, 11) is 1.73. The normalized spacial score (nSPS) is 22.3. The molecular formula is C17H26N2O2. The molecule has 1 saturated heterocycles. The molecule has 1 fully saturated rings. The number of carbonyl (C=O) groups excluding carboxylic acids is 1. The van der Waals surface area contributed by atoms with E-state index >= 15 is 0 Å². The van der Waals surface area contributed by atoms with Gasteiger partial charge in [-0.15, -0.1) is 0 Å². The van der Waals surface area contributed by atoms with Gasteiger partial charge in [-0.3, -0.25) is 4.79 Å². The SMILES string of the molecule is COC1CCN(C(=O)CCc2ccc(C)cc2)C(CN)C1. The zero-order valence-corrected chi connectivity index (χ0v) is 13.0. The van der Waals surface area contributed by atoms with E-state index < -0.39 is 0 Å². The van der Waals surface area contributed by atoms with Gasteiger partial charge in [0.1, 0.15) is 0 Å². The number of likely N-dealkylation sites (tertiary alicyclic amines) is 1. The van der Waals surface area contributed by atoms with E-state index in [-0.39, 0.29) is 18.1 Å². The van der Waals surface area contributed by atoms with Crippen LogP contribution in [0.5, 0.6) is 0 Å². The van der Waals surface area contributed by atoms with E-state index in [0.717, 1.165) is 25.8 Å². The molecule has 0 saturated carbocycles. The van der Waals surface area contributed by atoms with Crippen molar-refractivity contribution in [1.29, 1.82) is 0 Å². The molecule has 116 valence electrons. The van der Waals surface area contributed by atoms with Gasteiger partial charge in [0.2, 0.25) is 5.91 Å². The minimum Gasteiger partial charge on any atom is -0.381 e. The predicted molar refractivity (Wildman–Crippen MR) is 84.1 cm³/mol. The van der Waals surface area contributed by atoms with Crippen LogP contribution in [-0.4, -0.2) is 43.2 Å². The number of carbonyl (C=O) groups is 1. The minimum atomic E-state index is 0.120. The maximum atomic E-state index is 12.4. The van der Waals surface area contributed by atoms with Crippen molar-refractivity contribution in [2.24, 2.45) is 5.73 Å². The summed E-state index contributed by atoms with van der Waals surface area (Å²) in [5.41, 5.74) is 8.28. The minimum absolute atomic E-state index is 0.120. The Morgan fingerprint density at radius 3 is 2.71 bits per heavy atom. The van der Waals surface area contributed by atoms with Gasteiger partial charge in [0, 0.05) is 32.7 Å². The van der Waals surface area contributed by atoms with Crippen molar-refractivity contribution in [3.63, 3.8) is 0 Å². The first kappa shape index (κ1) is 16.0. The molecular weight excluding hydrogens is 264 g/mol. The Morgan fingerprint density at radius 2 is 2.10 bits per heavy atom. The number of nitrogens with two attached hydrogens (primary N) is 1. The molecule has 21 heavy (non-hydrogen) atoms. The van der Waals surface area contributed by atoms with E-state index in [1.54, 1.807) is 7.11 Å². The van der Waals surface area contributed by atoms with Crippen molar-refractivity contribution in [1.82, 2.24) is 4.90 Å². The summed E-state index contributed by atoms with van der Waals surface area (Å²) < 4.78 is 5.40. The summed E-state index contributed by atoms with van der Waals surface area (Å²) in [4.78, 5) is 14.4. The molecule has 0 aromatic heterocycles. The molecule has 1 aliphatic rings. The van der Waals surface area contributed by atoms with Crippen molar-refractivity contribution in [2.45, 2.75) is 44.8 Å². The molecule has 2 rings (SSSR count). The molecule has 1 aromatic rings. The summed E-state index contributed by atoms with van der Waals surface area (Å²) >= 11 is 0. The van der Waals surface area contributed by atoms with Crippen LogP contribution in [-0.2, 0) is 16.0 Å². The first-order chi connectivity index (χ1) is 10.1. The lowest BCUT2D eigenvalue weighted by molar-refractivity contribution is -0.136. The van der Waals surface area contributed by atoms with Gasteiger partial charge in [0.05, 0.1) is 6.10 Å². The summed E-state index contributed by atoms with van der Waals surface area (Å²) in [5, 5.41) is 0. The number of aryl methyl sites for hydroxylation is 2. The Kier molecular flexibility index (Phi) is 5.76. The zero-order chi connectivity index (χ0) is 15.2. The second-order valence-electron chi connectivity index (χ2n) is 5.84. The van der Waals surface area contributed by atoms with E-state index in [1.165, 1.54) is 11.1 Å². The second kappa shape index (κ2) is 7.57. The van der Waals surface area contributed by atoms with Crippen LogP contribution in [0.1, 0.15) is 30.4 Å². The van der Waals surface area contributed by atoms with E-state index in [4.69, 9.17) is 10.5 Å².